The molecule has 3 aliphatic rings. The van der Waals surface area contributed by atoms with Gasteiger partial charge in [0.1, 0.15) is 17.3 Å². The number of amides is 1. The highest BCUT2D eigenvalue weighted by Gasteiger charge is 2.59. The first-order valence-corrected chi connectivity index (χ1v) is 15.2. The van der Waals surface area contributed by atoms with Gasteiger partial charge >= 0.3 is 12.1 Å². The van der Waals surface area contributed by atoms with Gasteiger partial charge in [0.25, 0.3) is 0 Å². The van der Waals surface area contributed by atoms with Crippen molar-refractivity contribution in [2.24, 2.45) is 10.8 Å². The molecule has 2 fully saturated rings. The first-order chi connectivity index (χ1) is 21.4. The van der Waals surface area contributed by atoms with Gasteiger partial charge in [-0.15, -0.1) is 0 Å². The number of nitrogens with two attached hydrogens (primary N) is 1. The van der Waals surface area contributed by atoms with E-state index in [4.69, 9.17) is 10.5 Å². The van der Waals surface area contributed by atoms with Gasteiger partial charge in [-0.25, -0.2) is 0 Å². The van der Waals surface area contributed by atoms with Crippen molar-refractivity contribution >= 4 is 29.2 Å². The molecule has 3 heterocycles. The summed E-state index contributed by atoms with van der Waals surface area (Å²) in [6.07, 6.45) is -1.35. The van der Waals surface area contributed by atoms with E-state index in [1.54, 1.807) is 26.0 Å². The number of nitrogens with zero attached hydrogens (tertiary/aromatic N) is 4. The zero-order chi connectivity index (χ0) is 32.4. The summed E-state index contributed by atoms with van der Waals surface area (Å²) in [5, 5.41) is 12.5. The number of carbonyl (C=O) groups excluding carboxylic acids is 1. The van der Waals surface area contributed by atoms with Crippen LogP contribution in [0, 0.1) is 10.8 Å². The average Bonchev–Trinajstić information content (AvgIpc) is 3.44. The van der Waals surface area contributed by atoms with Gasteiger partial charge in [0.05, 0.1) is 0 Å². The normalized spacial score (nSPS) is 23.4. The van der Waals surface area contributed by atoms with Gasteiger partial charge in [0.15, 0.2) is 0 Å². The number of benzene rings is 1. The number of aromatic nitrogens is 2. The SMILES string of the molecule is CCN(CC)C(=O)C1(C(Oc2cc(N3CCC4(CC3)CNC(C(=O)O)C4)nc(N)n2)C(F)(F)F)C=CC(c2ccccc2)=CC1. The zero-order valence-electron chi connectivity index (χ0n) is 25.4. The molecule has 0 radical (unpaired) electrons. The molecule has 242 valence electrons. The number of anilines is 2. The number of halogens is 3. The molecule has 2 aromatic rings. The van der Waals surface area contributed by atoms with Crippen LogP contribution in [0.25, 0.3) is 5.57 Å². The molecule has 1 aromatic heterocycles. The Morgan fingerprint density at radius 1 is 1.18 bits per heavy atom. The van der Waals surface area contributed by atoms with Crippen LogP contribution in [0.15, 0.2) is 54.6 Å². The van der Waals surface area contributed by atoms with Gasteiger partial charge in [0.2, 0.25) is 23.8 Å². The number of ether oxygens (including phenoxy) is 1. The third-order valence-electron chi connectivity index (χ3n) is 9.29. The first kappa shape index (κ1) is 32.3. The summed E-state index contributed by atoms with van der Waals surface area (Å²) in [6, 6.07) is 9.97. The molecule has 2 saturated heterocycles. The Labute approximate surface area is 260 Å². The number of nitrogens with one attached hydrogen (secondary N) is 1. The van der Waals surface area contributed by atoms with Crippen molar-refractivity contribution in [2.75, 3.05) is 43.4 Å². The van der Waals surface area contributed by atoms with Gasteiger partial charge in [-0.1, -0.05) is 48.6 Å². The fourth-order valence-corrected chi connectivity index (χ4v) is 6.69. The molecule has 13 heteroatoms. The molecule has 1 aliphatic carbocycles. The summed E-state index contributed by atoms with van der Waals surface area (Å²) < 4.78 is 50.7. The number of rotatable bonds is 9. The van der Waals surface area contributed by atoms with Crippen molar-refractivity contribution in [3.05, 3.63) is 60.2 Å². The van der Waals surface area contributed by atoms with E-state index in [2.05, 4.69) is 15.3 Å². The first-order valence-electron chi connectivity index (χ1n) is 15.2. The molecule has 1 spiro atoms. The standard InChI is InChI=1S/C32H39F3N6O4/c1-3-40(4-2)28(44)31(12-10-22(11-13-31)21-8-6-5-7-9-21)27(32(33,34)35)45-25-18-24(38-29(36)39-25)41-16-14-30(15-17-41)19-23(26(42)43)37-20-30/h5-12,18,23,27,37H,3-4,13-17,19-20H2,1-2H3,(H,42,43)(H2,36,38,39). The fraction of sp³-hybridized carbons (Fsp3) is 0.500. The summed E-state index contributed by atoms with van der Waals surface area (Å²) in [5.41, 5.74) is 5.26. The van der Waals surface area contributed by atoms with E-state index in [1.807, 2.05) is 35.2 Å². The Kier molecular flexibility index (Phi) is 9.11. The molecule has 10 nitrogen and oxygen atoms in total. The summed E-state index contributed by atoms with van der Waals surface area (Å²) in [6.45, 7) is 5.50. The molecule has 0 bridgehead atoms. The Bertz CT molecular complexity index is 1450. The van der Waals surface area contributed by atoms with Crippen molar-refractivity contribution in [1.82, 2.24) is 20.2 Å². The maximum Gasteiger partial charge on any atom is 0.426 e. The van der Waals surface area contributed by atoms with Gasteiger partial charge in [-0.05, 0) is 56.1 Å². The lowest BCUT2D eigenvalue weighted by molar-refractivity contribution is -0.224. The number of carbonyl (C=O) groups is 2. The Hall–Kier alpha value is -4.13. The van der Waals surface area contributed by atoms with Gasteiger partial charge in [-0.3, -0.25) is 9.59 Å². The number of aliphatic carboxylic acids is 1. The highest BCUT2D eigenvalue weighted by Crippen LogP contribution is 2.46. The van der Waals surface area contributed by atoms with E-state index >= 15 is 13.2 Å². The van der Waals surface area contributed by atoms with E-state index in [-0.39, 0.29) is 36.8 Å². The van der Waals surface area contributed by atoms with Gasteiger partial charge < -0.3 is 30.7 Å². The molecule has 1 aromatic carbocycles. The Morgan fingerprint density at radius 2 is 1.87 bits per heavy atom. The highest BCUT2D eigenvalue weighted by atomic mass is 19.4. The molecule has 45 heavy (non-hydrogen) atoms. The molecule has 1 amide bonds. The predicted octanol–water partition coefficient (Wildman–Crippen LogP) is 4.30. The number of hydrogen-bond acceptors (Lipinski definition) is 8. The van der Waals surface area contributed by atoms with Crippen LogP contribution < -0.4 is 20.7 Å². The average molecular weight is 629 g/mol. The number of nitrogen functional groups attached to an aromatic ring is 1. The van der Waals surface area contributed by atoms with Crippen LogP contribution in [-0.2, 0) is 9.59 Å². The second-order valence-electron chi connectivity index (χ2n) is 12.0. The Balaban J connectivity index is 1.43. The molecule has 2 aliphatic heterocycles. The van der Waals surface area contributed by atoms with E-state index in [1.165, 1.54) is 17.0 Å². The summed E-state index contributed by atoms with van der Waals surface area (Å²) >= 11 is 0. The third kappa shape index (κ3) is 6.63. The van der Waals surface area contributed by atoms with E-state index in [9.17, 15) is 14.7 Å². The van der Waals surface area contributed by atoms with Crippen molar-refractivity contribution in [3.8, 4) is 5.88 Å². The maximum absolute atomic E-state index is 15.0. The van der Waals surface area contributed by atoms with E-state index < -0.39 is 35.6 Å². The largest absolute Gasteiger partial charge is 0.480 e. The number of alkyl halides is 3. The highest BCUT2D eigenvalue weighted by molar-refractivity contribution is 5.89. The monoisotopic (exact) mass is 628 g/mol. The number of allylic oxidation sites excluding steroid dienone is 3. The zero-order valence-corrected chi connectivity index (χ0v) is 25.4. The Morgan fingerprint density at radius 3 is 2.42 bits per heavy atom. The summed E-state index contributed by atoms with van der Waals surface area (Å²) in [5.74, 6) is -1.90. The van der Waals surface area contributed by atoms with Gasteiger partial charge in [0, 0.05) is 38.8 Å². The van der Waals surface area contributed by atoms with Crippen molar-refractivity contribution in [3.63, 3.8) is 0 Å². The lowest BCUT2D eigenvalue weighted by Gasteiger charge is -2.41. The predicted molar refractivity (Wildman–Crippen MR) is 163 cm³/mol. The molecule has 4 N–H and O–H groups in total. The van der Waals surface area contributed by atoms with Crippen LogP contribution >= 0.6 is 0 Å². The van der Waals surface area contributed by atoms with Crippen molar-refractivity contribution < 1.29 is 32.6 Å². The third-order valence-corrected chi connectivity index (χ3v) is 9.29. The lowest BCUT2D eigenvalue weighted by Crippen LogP contribution is -2.57. The van der Waals surface area contributed by atoms with Gasteiger partial charge in [-0.2, -0.15) is 23.1 Å². The second kappa shape index (κ2) is 12.7. The molecular formula is C32H39F3N6O4. The van der Waals surface area contributed by atoms with E-state index in [0.717, 1.165) is 5.56 Å². The van der Waals surface area contributed by atoms with Crippen LogP contribution in [-0.4, -0.2) is 82.9 Å². The minimum atomic E-state index is -4.95. The molecule has 3 unspecified atom stereocenters. The smallest absolute Gasteiger partial charge is 0.426 e. The number of hydrogen-bond donors (Lipinski definition) is 3. The second-order valence-corrected chi connectivity index (χ2v) is 12.0. The van der Waals surface area contributed by atoms with E-state index in [0.29, 0.717) is 50.3 Å². The summed E-state index contributed by atoms with van der Waals surface area (Å²) in [4.78, 5) is 36.9. The van der Waals surface area contributed by atoms with Crippen molar-refractivity contribution in [1.29, 1.82) is 0 Å². The molecule has 3 atom stereocenters. The molecular weight excluding hydrogens is 589 g/mol. The lowest BCUT2D eigenvalue weighted by atomic mass is 9.73. The minimum absolute atomic E-state index is 0.171. The minimum Gasteiger partial charge on any atom is -0.480 e. The number of carboxylic acids is 1. The van der Waals surface area contributed by atoms with Crippen LogP contribution in [0.1, 0.15) is 45.1 Å². The number of carboxylic acid groups (broad SMARTS) is 1. The maximum atomic E-state index is 15.0. The summed E-state index contributed by atoms with van der Waals surface area (Å²) in [7, 11) is 0. The fourth-order valence-electron chi connectivity index (χ4n) is 6.69. The van der Waals surface area contributed by atoms with Crippen LogP contribution in [0.5, 0.6) is 5.88 Å². The van der Waals surface area contributed by atoms with Crippen molar-refractivity contribution in [2.45, 2.75) is 57.9 Å². The van der Waals surface area contributed by atoms with Crippen LogP contribution in [0.2, 0.25) is 0 Å². The van der Waals surface area contributed by atoms with Crippen LogP contribution in [0.4, 0.5) is 24.9 Å². The topological polar surface area (TPSA) is 134 Å². The quantitative estimate of drug-likeness (QED) is 0.372. The number of piperidine rings is 1. The molecule has 0 saturated carbocycles. The molecule has 5 rings (SSSR count). The van der Waals surface area contributed by atoms with Crippen LogP contribution in [0.3, 0.4) is 0 Å².